The minimum absolute atomic E-state index is 0.305. The van der Waals surface area contributed by atoms with Crippen molar-refractivity contribution in [3.05, 3.63) is 102 Å². The molecule has 5 aromatic rings. The van der Waals surface area contributed by atoms with Gasteiger partial charge in [0.25, 0.3) is 5.91 Å². The van der Waals surface area contributed by atoms with Crippen LogP contribution in [0.3, 0.4) is 0 Å². The first-order chi connectivity index (χ1) is 18.3. The molecular formula is C28H25FN8O. The van der Waals surface area contributed by atoms with Crippen LogP contribution in [0.15, 0.2) is 79.0 Å². The molecule has 0 saturated heterocycles. The molecule has 0 aliphatic carbocycles. The first kappa shape index (κ1) is 24.6. The van der Waals surface area contributed by atoms with E-state index in [2.05, 4.69) is 36.0 Å². The Morgan fingerprint density at radius 3 is 2.21 bits per heavy atom. The number of aryl methyl sites for hydroxylation is 3. The molecule has 5 rings (SSSR count). The van der Waals surface area contributed by atoms with Gasteiger partial charge in [0, 0.05) is 36.2 Å². The topological polar surface area (TPSA) is 110 Å². The largest absolute Gasteiger partial charge is 0.340 e. The molecule has 2 aromatic carbocycles. The monoisotopic (exact) mass is 508 g/mol. The van der Waals surface area contributed by atoms with Crippen LogP contribution in [-0.2, 0) is 7.05 Å². The zero-order chi connectivity index (χ0) is 26.6. The van der Waals surface area contributed by atoms with Gasteiger partial charge in [0.05, 0.1) is 5.69 Å². The fourth-order valence-corrected chi connectivity index (χ4v) is 3.85. The maximum Gasteiger partial charge on any atom is 0.273 e. The molecule has 10 heteroatoms. The number of aromatic nitrogens is 5. The highest BCUT2D eigenvalue weighted by molar-refractivity contribution is 6.03. The number of benzene rings is 2. The van der Waals surface area contributed by atoms with Crippen molar-refractivity contribution in [1.82, 2.24) is 24.7 Å². The second kappa shape index (κ2) is 10.5. The highest BCUT2D eigenvalue weighted by Crippen LogP contribution is 2.23. The molecule has 0 spiro atoms. The number of carbonyl (C=O) groups is 1. The van der Waals surface area contributed by atoms with Gasteiger partial charge in [-0.1, -0.05) is 0 Å². The zero-order valence-corrected chi connectivity index (χ0v) is 21.0. The van der Waals surface area contributed by atoms with E-state index in [-0.39, 0.29) is 11.7 Å². The van der Waals surface area contributed by atoms with Crippen LogP contribution in [0.25, 0.3) is 11.3 Å². The van der Waals surface area contributed by atoms with E-state index in [9.17, 15) is 9.18 Å². The fourth-order valence-electron chi connectivity index (χ4n) is 3.85. The molecule has 0 bridgehead atoms. The molecule has 0 saturated carbocycles. The van der Waals surface area contributed by atoms with Gasteiger partial charge < -0.3 is 16.0 Å². The van der Waals surface area contributed by atoms with E-state index in [1.54, 1.807) is 49.6 Å². The van der Waals surface area contributed by atoms with E-state index in [0.29, 0.717) is 40.4 Å². The van der Waals surface area contributed by atoms with Crippen LogP contribution in [-0.4, -0.2) is 30.6 Å². The molecule has 190 valence electrons. The fraction of sp³-hybridized carbons (Fsp3) is 0.107. The zero-order valence-electron chi connectivity index (χ0n) is 21.0. The SMILES string of the molecule is Cc1ccnc(Nc2cc(Nc3ccc(NC(=O)c4cc(-c5ccc(F)cc5)nn4C)cc3)nc(C)n2)c1. The van der Waals surface area contributed by atoms with Crippen LogP contribution in [0.1, 0.15) is 21.9 Å². The lowest BCUT2D eigenvalue weighted by Crippen LogP contribution is -2.16. The third-order valence-corrected chi connectivity index (χ3v) is 5.68. The molecule has 0 aliphatic heterocycles. The van der Waals surface area contributed by atoms with Crippen molar-refractivity contribution in [2.75, 3.05) is 16.0 Å². The van der Waals surface area contributed by atoms with Crippen LogP contribution in [0.2, 0.25) is 0 Å². The highest BCUT2D eigenvalue weighted by atomic mass is 19.1. The number of hydrogen-bond donors (Lipinski definition) is 3. The normalized spacial score (nSPS) is 10.7. The molecule has 0 atom stereocenters. The standard InChI is InChI=1S/C28H25FN8O/c1-17-12-13-30-25(14-17)35-27-16-26(31-18(2)32-27)33-21-8-10-22(11-9-21)34-28(38)24-15-23(36-37(24)3)19-4-6-20(29)7-5-19/h4-16H,1-3H3,(H,34,38)(H2,30,31,32,33,35). The Balaban J connectivity index is 1.25. The predicted octanol–water partition coefficient (Wildman–Crippen LogP) is 5.77. The van der Waals surface area contributed by atoms with Crippen molar-refractivity contribution in [2.45, 2.75) is 13.8 Å². The highest BCUT2D eigenvalue weighted by Gasteiger charge is 2.15. The Labute approximate surface area is 218 Å². The van der Waals surface area contributed by atoms with Crippen LogP contribution >= 0.6 is 0 Å². The molecule has 3 aromatic heterocycles. The number of halogens is 1. The Kier molecular flexibility index (Phi) is 6.77. The van der Waals surface area contributed by atoms with Crippen molar-refractivity contribution in [3.8, 4) is 11.3 Å². The first-order valence-electron chi connectivity index (χ1n) is 11.9. The van der Waals surface area contributed by atoms with E-state index < -0.39 is 0 Å². The summed E-state index contributed by atoms with van der Waals surface area (Å²) in [6.45, 7) is 3.82. The van der Waals surface area contributed by atoms with Gasteiger partial charge in [0.1, 0.15) is 34.8 Å². The molecular weight excluding hydrogens is 483 g/mol. The van der Waals surface area contributed by atoms with E-state index in [0.717, 1.165) is 16.8 Å². The summed E-state index contributed by atoms with van der Waals surface area (Å²) in [6, 6.07) is 20.6. The maximum atomic E-state index is 13.2. The van der Waals surface area contributed by atoms with E-state index in [4.69, 9.17) is 0 Å². The Bertz CT molecular complexity index is 1600. The quantitative estimate of drug-likeness (QED) is 0.256. The summed E-state index contributed by atoms with van der Waals surface area (Å²) in [5.41, 5.74) is 4.20. The molecule has 0 aliphatic rings. The Morgan fingerprint density at radius 2 is 1.50 bits per heavy atom. The number of pyridine rings is 1. The first-order valence-corrected chi connectivity index (χ1v) is 11.9. The summed E-state index contributed by atoms with van der Waals surface area (Å²) in [7, 11) is 1.69. The van der Waals surface area contributed by atoms with Gasteiger partial charge in [-0.2, -0.15) is 5.10 Å². The van der Waals surface area contributed by atoms with Crippen molar-refractivity contribution >= 4 is 34.7 Å². The Morgan fingerprint density at radius 1 is 0.816 bits per heavy atom. The second-order valence-electron chi connectivity index (χ2n) is 8.73. The molecule has 38 heavy (non-hydrogen) atoms. The molecule has 0 unspecified atom stereocenters. The van der Waals surface area contributed by atoms with Crippen molar-refractivity contribution in [2.24, 2.45) is 7.05 Å². The van der Waals surface area contributed by atoms with Crippen LogP contribution < -0.4 is 16.0 Å². The van der Waals surface area contributed by atoms with Gasteiger partial charge in [-0.3, -0.25) is 9.48 Å². The minimum atomic E-state index is -0.327. The van der Waals surface area contributed by atoms with E-state index in [1.165, 1.54) is 16.8 Å². The summed E-state index contributed by atoms with van der Waals surface area (Å²) < 4.78 is 14.7. The molecule has 1 amide bonds. The minimum Gasteiger partial charge on any atom is -0.340 e. The second-order valence-corrected chi connectivity index (χ2v) is 8.73. The predicted molar refractivity (Wildman–Crippen MR) is 145 cm³/mol. The van der Waals surface area contributed by atoms with Crippen LogP contribution in [0, 0.1) is 19.7 Å². The number of carbonyl (C=O) groups excluding carboxylic acids is 1. The molecule has 0 radical (unpaired) electrons. The van der Waals surface area contributed by atoms with Crippen LogP contribution in [0.5, 0.6) is 0 Å². The maximum absolute atomic E-state index is 13.2. The van der Waals surface area contributed by atoms with Gasteiger partial charge in [0.2, 0.25) is 0 Å². The average Bonchev–Trinajstić information content (AvgIpc) is 3.27. The third-order valence-electron chi connectivity index (χ3n) is 5.68. The smallest absolute Gasteiger partial charge is 0.273 e. The molecule has 3 heterocycles. The van der Waals surface area contributed by atoms with Gasteiger partial charge in [-0.15, -0.1) is 0 Å². The summed E-state index contributed by atoms with van der Waals surface area (Å²) in [6.07, 6.45) is 1.74. The van der Waals surface area contributed by atoms with Gasteiger partial charge in [0.15, 0.2) is 0 Å². The number of nitrogens with one attached hydrogen (secondary N) is 3. The summed E-state index contributed by atoms with van der Waals surface area (Å²) in [4.78, 5) is 26.1. The third kappa shape index (κ3) is 5.81. The van der Waals surface area contributed by atoms with Crippen molar-refractivity contribution in [1.29, 1.82) is 0 Å². The van der Waals surface area contributed by atoms with Crippen molar-refractivity contribution < 1.29 is 9.18 Å². The number of nitrogens with zero attached hydrogens (tertiary/aromatic N) is 5. The van der Waals surface area contributed by atoms with Crippen LogP contribution in [0.4, 0.5) is 33.2 Å². The molecule has 3 N–H and O–H groups in total. The lowest BCUT2D eigenvalue weighted by molar-refractivity contribution is 0.101. The number of amides is 1. The van der Waals surface area contributed by atoms with E-state index in [1.807, 2.05) is 38.1 Å². The molecule has 9 nitrogen and oxygen atoms in total. The summed E-state index contributed by atoms with van der Waals surface area (Å²) in [5.74, 6) is 1.91. The Hall–Kier alpha value is -5.12. The number of rotatable bonds is 7. The number of hydrogen-bond acceptors (Lipinski definition) is 7. The number of anilines is 5. The van der Waals surface area contributed by atoms with Gasteiger partial charge >= 0.3 is 0 Å². The average molecular weight is 509 g/mol. The summed E-state index contributed by atoms with van der Waals surface area (Å²) in [5, 5.41) is 13.7. The van der Waals surface area contributed by atoms with Crippen molar-refractivity contribution in [3.63, 3.8) is 0 Å². The lowest BCUT2D eigenvalue weighted by Gasteiger charge is -2.11. The lowest BCUT2D eigenvalue weighted by atomic mass is 10.1. The van der Waals surface area contributed by atoms with Gasteiger partial charge in [-0.25, -0.2) is 19.3 Å². The summed E-state index contributed by atoms with van der Waals surface area (Å²) >= 11 is 0. The van der Waals surface area contributed by atoms with E-state index >= 15 is 0 Å². The van der Waals surface area contributed by atoms with Gasteiger partial charge in [-0.05, 0) is 86.1 Å². The molecule has 0 fully saturated rings.